The average molecular weight is 480 g/mol. The first kappa shape index (κ1) is 23.8. The summed E-state index contributed by atoms with van der Waals surface area (Å²) in [5.74, 6) is 1.52. The first-order chi connectivity index (χ1) is 16.5. The number of thioether (sulfide) groups is 1. The van der Waals surface area contributed by atoms with Crippen molar-refractivity contribution in [3.05, 3.63) is 48.5 Å². The molecule has 0 unspecified atom stereocenters. The first-order valence-electron chi connectivity index (χ1n) is 11.4. The lowest BCUT2D eigenvalue weighted by Gasteiger charge is -2.25. The zero-order valence-electron chi connectivity index (χ0n) is 19.4. The number of hydrogen-bond acceptors (Lipinski definition) is 6. The van der Waals surface area contributed by atoms with Gasteiger partial charge in [0.15, 0.2) is 11.0 Å². The van der Waals surface area contributed by atoms with Crippen LogP contribution in [0.2, 0.25) is 0 Å². The molecule has 2 amide bonds. The Kier molecular flexibility index (Phi) is 7.84. The van der Waals surface area contributed by atoms with Crippen LogP contribution in [0.4, 0.5) is 11.4 Å². The number of hydrogen-bond donors (Lipinski definition) is 2. The summed E-state index contributed by atoms with van der Waals surface area (Å²) in [6, 6.07) is 15.2. The van der Waals surface area contributed by atoms with Gasteiger partial charge >= 0.3 is 0 Å². The van der Waals surface area contributed by atoms with Gasteiger partial charge in [-0.2, -0.15) is 0 Å². The molecule has 4 rings (SSSR count). The van der Waals surface area contributed by atoms with E-state index in [1.165, 1.54) is 37.9 Å². The van der Waals surface area contributed by atoms with E-state index in [0.717, 1.165) is 35.1 Å². The van der Waals surface area contributed by atoms with Crippen LogP contribution in [0.1, 0.15) is 45.1 Å². The summed E-state index contributed by atoms with van der Waals surface area (Å²) < 4.78 is 7.49. The lowest BCUT2D eigenvalue weighted by atomic mass is 9.95. The summed E-state index contributed by atoms with van der Waals surface area (Å²) in [6.07, 6.45) is 5.77. The Labute approximate surface area is 203 Å². The largest absolute Gasteiger partial charge is 0.497 e. The molecule has 178 valence electrons. The van der Waals surface area contributed by atoms with Crippen molar-refractivity contribution < 1.29 is 14.3 Å². The van der Waals surface area contributed by atoms with E-state index in [1.807, 2.05) is 24.3 Å². The highest BCUT2D eigenvalue weighted by Gasteiger charge is 2.24. The molecular formula is C25H29N5O3S. The molecular weight excluding hydrogens is 450 g/mol. The van der Waals surface area contributed by atoms with Gasteiger partial charge in [0.25, 0.3) is 0 Å². The number of anilines is 2. The lowest BCUT2D eigenvalue weighted by molar-refractivity contribution is -0.114. The topological polar surface area (TPSA) is 98.1 Å². The van der Waals surface area contributed by atoms with Crippen molar-refractivity contribution in [3.8, 4) is 17.1 Å². The summed E-state index contributed by atoms with van der Waals surface area (Å²) in [5.41, 5.74) is 2.24. The second kappa shape index (κ2) is 11.2. The summed E-state index contributed by atoms with van der Waals surface area (Å²) in [7, 11) is 1.65. The van der Waals surface area contributed by atoms with Crippen molar-refractivity contribution >= 4 is 35.0 Å². The number of methoxy groups -OCH3 is 1. The minimum Gasteiger partial charge on any atom is -0.497 e. The summed E-state index contributed by atoms with van der Waals surface area (Å²) in [4.78, 5) is 23.9. The highest BCUT2D eigenvalue weighted by atomic mass is 32.2. The number of nitrogens with zero attached hydrogens (tertiary/aromatic N) is 3. The maximum atomic E-state index is 12.7. The number of carbonyl (C=O) groups is 2. The fourth-order valence-corrected chi connectivity index (χ4v) is 4.99. The molecule has 9 heteroatoms. The number of aromatic nitrogens is 3. The van der Waals surface area contributed by atoms with Gasteiger partial charge in [0.05, 0.1) is 12.9 Å². The number of nitrogens with one attached hydrogen (secondary N) is 2. The molecule has 1 saturated carbocycles. The van der Waals surface area contributed by atoms with E-state index < -0.39 is 0 Å². The molecule has 34 heavy (non-hydrogen) atoms. The van der Waals surface area contributed by atoms with Crippen LogP contribution in [0, 0.1) is 0 Å². The van der Waals surface area contributed by atoms with Gasteiger partial charge in [-0.3, -0.25) is 14.2 Å². The smallest absolute Gasteiger partial charge is 0.234 e. The molecule has 8 nitrogen and oxygen atoms in total. The Morgan fingerprint density at radius 1 is 1.03 bits per heavy atom. The summed E-state index contributed by atoms with van der Waals surface area (Å²) in [6.45, 7) is 1.45. The Balaban J connectivity index is 1.49. The van der Waals surface area contributed by atoms with Crippen LogP contribution in [-0.2, 0) is 9.59 Å². The van der Waals surface area contributed by atoms with Gasteiger partial charge < -0.3 is 15.4 Å². The van der Waals surface area contributed by atoms with Crippen molar-refractivity contribution in [1.82, 2.24) is 14.8 Å². The molecule has 3 aromatic rings. The molecule has 1 aliphatic carbocycles. The molecule has 0 radical (unpaired) electrons. The van der Waals surface area contributed by atoms with Gasteiger partial charge in [-0.15, -0.1) is 10.2 Å². The number of benzene rings is 2. The molecule has 1 aromatic heterocycles. The van der Waals surface area contributed by atoms with Crippen molar-refractivity contribution in [3.63, 3.8) is 0 Å². The third-order valence-corrected chi connectivity index (χ3v) is 6.69. The molecule has 1 heterocycles. The van der Waals surface area contributed by atoms with Gasteiger partial charge in [0.2, 0.25) is 11.8 Å². The van der Waals surface area contributed by atoms with E-state index >= 15 is 0 Å². The normalized spacial score (nSPS) is 13.9. The van der Waals surface area contributed by atoms with Crippen LogP contribution in [0.15, 0.2) is 53.7 Å². The van der Waals surface area contributed by atoms with Crippen LogP contribution < -0.4 is 15.4 Å². The van der Waals surface area contributed by atoms with Gasteiger partial charge in [0.1, 0.15) is 5.75 Å². The number of rotatable bonds is 8. The van der Waals surface area contributed by atoms with E-state index in [2.05, 4.69) is 25.4 Å². The molecule has 1 fully saturated rings. The van der Waals surface area contributed by atoms with E-state index in [4.69, 9.17) is 4.74 Å². The second-order valence-corrected chi connectivity index (χ2v) is 9.24. The SMILES string of the molecule is COc1ccc(-c2nnc(SCC(=O)Nc3cccc(NC(C)=O)c3)n2C2CCCCC2)cc1. The average Bonchev–Trinajstić information content (AvgIpc) is 3.27. The Morgan fingerprint density at radius 2 is 1.74 bits per heavy atom. The lowest BCUT2D eigenvalue weighted by Crippen LogP contribution is -2.17. The zero-order chi connectivity index (χ0) is 23.9. The van der Waals surface area contributed by atoms with Gasteiger partial charge in [-0.25, -0.2) is 0 Å². The minimum atomic E-state index is -0.159. The predicted molar refractivity (Wildman–Crippen MR) is 134 cm³/mol. The molecule has 1 aliphatic rings. The third kappa shape index (κ3) is 5.96. The van der Waals surface area contributed by atoms with Gasteiger partial charge in [-0.1, -0.05) is 37.1 Å². The summed E-state index contributed by atoms with van der Waals surface area (Å²) in [5, 5.41) is 15.3. The molecule has 0 aliphatic heterocycles. The molecule has 0 atom stereocenters. The number of carbonyl (C=O) groups excluding carboxylic acids is 2. The quantitative estimate of drug-likeness (QED) is 0.434. The monoisotopic (exact) mass is 479 g/mol. The van der Waals surface area contributed by atoms with Crippen LogP contribution >= 0.6 is 11.8 Å². The maximum absolute atomic E-state index is 12.7. The predicted octanol–water partition coefficient (Wildman–Crippen LogP) is 5.15. The second-order valence-electron chi connectivity index (χ2n) is 8.30. The molecule has 2 aromatic carbocycles. The maximum Gasteiger partial charge on any atom is 0.234 e. The highest BCUT2D eigenvalue weighted by molar-refractivity contribution is 7.99. The Hall–Kier alpha value is -3.33. The van der Waals surface area contributed by atoms with E-state index in [0.29, 0.717) is 17.4 Å². The highest BCUT2D eigenvalue weighted by Crippen LogP contribution is 2.36. The number of amides is 2. The molecule has 2 N–H and O–H groups in total. The van der Waals surface area contributed by atoms with Gasteiger partial charge in [-0.05, 0) is 55.3 Å². The Bertz CT molecular complexity index is 1140. The third-order valence-electron chi connectivity index (χ3n) is 5.75. The first-order valence-corrected chi connectivity index (χ1v) is 12.4. The van der Waals surface area contributed by atoms with Gasteiger partial charge in [0, 0.05) is 29.9 Å². The van der Waals surface area contributed by atoms with Crippen molar-refractivity contribution in [1.29, 1.82) is 0 Å². The van der Waals surface area contributed by atoms with Crippen molar-refractivity contribution in [2.75, 3.05) is 23.5 Å². The Morgan fingerprint density at radius 3 is 2.41 bits per heavy atom. The number of ether oxygens (including phenoxy) is 1. The van der Waals surface area contributed by atoms with E-state index in [-0.39, 0.29) is 17.6 Å². The summed E-state index contributed by atoms with van der Waals surface area (Å²) >= 11 is 1.39. The fourth-order valence-electron chi connectivity index (χ4n) is 4.19. The molecule has 0 spiro atoms. The van der Waals surface area contributed by atoms with Crippen LogP contribution in [0.3, 0.4) is 0 Å². The van der Waals surface area contributed by atoms with Crippen LogP contribution in [0.25, 0.3) is 11.4 Å². The van der Waals surface area contributed by atoms with Crippen molar-refractivity contribution in [2.45, 2.75) is 50.2 Å². The minimum absolute atomic E-state index is 0.144. The molecule has 0 bridgehead atoms. The zero-order valence-corrected chi connectivity index (χ0v) is 20.2. The van der Waals surface area contributed by atoms with Crippen LogP contribution in [-0.4, -0.2) is 39.4 Å². The van der Waals surface area contributed by atoms with Crippen molar-refractivity contribution in [2.24, 2.45) is 0 Å². The molecule has 0 saturated heterocycles. The van der Waals surface area contributed by atoms with Crippen LogP contribution in [0.5, 0.6) is 5.75 Å². The standard InChI is InChI=1S/C25H29N5O3S/c1-17(31)26-19-7-6-8-20(15-19)27-23(32)16-34-25-29-28-24(18-11-13-22(33-2)14-12-18)30(25)21-9-4-3-5-10-21/h6-8,11-15,21H,3-5,9-10,16H2,1-2H3,(H,26,31)(H,27,32). The van der Waals surface area contributed by atoms with E-state index in [9.17, 15) is 9.59 Å². The van der Waals surface area contributed by atoms with E-state index in [1.54, 1.807) is 31.4 Å². The fraction of sp³-hybridized carbons (Fsp3) is 0.360.